The van der Waals surface area contributed by atoms with Crippen molar-refractivity contribution in [1.82, 2.24) is 9.62 Å². The number of nitrogens with two attached hydrogens (primary N) is 1. The number of carbonyl (C=O) groups excluding carboxylic acids is 1. The first-order valence-corrected chi connectivity index (χ1v) is 11.7. The van der Waals surface area contributed by atoms with E-state index in [0.29, 0.717) is 24.5 Å². The van der Waals surface area contributed by atoms with Crippen molar-refractivity contribution >= 4 is 45.1 Å². The number of anilines is 2. The van der Waals surface area contributed by atoms with Gasteiger partial charge < -0.3 is 19.7 Å². The summed E-state index contributed by atoms with van der Waals surface area (Å²) in [6, 6.07) is 4.47. The zero-order valence-electron chi connectivity index (χ0n) is 17.3. The third-order valence-corrected chi connectivity index (χ3v) is 6.20. The summed E-state index contributed by atoms with van der Waals surface area (Å²) in [6.07, 6.45) is -1.10. The number of benzene rings is 1. The number of carbonyl (C=O) groups is 1. The second-order valence-corrected chi connectivity index (χ2v) is 9.44. The minimum absolute atomic E-state index is 0.0631. The molecular formula is C18H26FN5O5S2. The second kappa shape index (κ2) is 9.51. The van der Waals surface area contributed by atoms with Gasteiger partial charge in [-0.25, -0.2) is 14.3 Å². The molecule has 10 nitrogen and oxygen atoms in total. The highest BCUT2D eigenvalue weighted by atomic mass is 32.2. The normalized spacial score (nSPS) is 20.2. The van der Waals surface area contributed by atoms with E-state index in [1.54, 1.807) is 17.0 Å². The number of cyclic esters (lactones) is 1. The van der Waals surface area contributed by atoms with Gasteiger partial charge in [0.1, 0.15) is 11.9 Å². The monoisotopic (exact) mass is 475 g/mol. The van der Waals surface area contributed by atoms with E-state index in [0.717, 1.165) is 4.31 Å². The molecule has 2 aliphatic rings. The Balaban J connectivity index is 1.60. The summed E-state index contributed by atoms with van der Waals surface area (Å²) in [4.78, 5) is 15.3. The van der Waals surface area contributed by atoms with Crippen molar-refractivity contribution in [2.45, 2.75) is 26.1 Å². The number of thiocarbonyl (C=S) groups is 1. The second-order valence-electron chi connectivity index (χ2n) is 7.52. The molecule has 2 heterocycles. The van der Waals surface area contributed by atoms with Crippen LogP contribution >= 0.6 is 12.2 Å². The maximum absolute atomic E-state index is 14.8. The molecule has 0 bridgehead atoms. The van der Waals surface area contributed by atoms with E-state index in [-0.39, 0.29) is 37.5 Å². The van der Waals surface area contributed by atoms with E-state index in [9.17, 15) is 17.6 Å². The van der Waals surface area contributed by atoms with Crippen molar-refractivity contribution in [3.05, 3.63) is 24.0 Å². The number of amides is 1. The van der Waals surface area contributed by atoms with Gasteiger partial charge in [-0.15, -0.1) is 0 Å². The molecule has 2 saturated heterocycles. The van der Waals surface area contributed by atoms with Crippen LogP contribution in [0.15, 0.2) is 18.2 Å². The molecule has 3 rings (SSSR count). The molecule has 2 fully saturated rings. The van der Waals surface area contributed by atoms with Gasteiger partial charge in [0.15, 0.2) is 0 Å². The molecule has 0 unspecified atom stereocenters. The maximum Gasteiger partial charge on any atom is 0.414 e. The van der Waals surface area contributed by atoms with E-state index < -0.39 is 28.2 Å². The molecule has 172 valence electrons. The average molecular weight is 476 g/mol. The van der Waals surface area contributed by atoms with Crippen LogP contribution in [0, 0.1) is 5.82 Å². The minimum atomic E-state index is -3.75. The summed E-state index contributed by atoms with van der Waals surface area (Å²) in [5.74, 6) is -0.512. The van der Waals surface area contributed by atoms with E-state index in [1.807, 2.05) is 13.8 Å². The smallest absolute Gasteiger partial charge is 0.414 e. The molecule has 0 radical (unpaired) electrons. The summed E-state index contributed by atoms with van der Waals surface area (Å²) in [5, 5.41) is 8.25. The molecule has 0 spiro atoms. The summed E-state index contributed by atoms with van der Waals surface area (Å²) in [5.41, 5.74) is 0.706. The predicted octanol–water partition coefficient (Wildman–Crippen LogP) is 0.776. The Morgan fingerprint density at radius 3 is 2.61 bits per heavy atom. The van der Waals surface area contributed by atoms with Gasteiger partial charge in [0.05, 0.1) is 30.6 Å². The van der Waals surface area contributed by atoms with Crippen molar-refractivity contribution in [1.29, 1.82) is 0 Å². The standard InChI is InChI=1S/C18H26FN5O5S2/c1-12(2)28-17(30)21-10-14-11-24(18(25)29-14)13-3-4-16(15(19)9-13)22-5-7-23(8-6-22)31(20,26)27/h3-4,9,12,14H,5-8,10-11H2,1-2H3,(H,21,30)(H2,20,26,27)/t14-/m0/s1. The van der Waals surface area contributed by atoms with Crippen LogP contribution in [0.2, 0.25) is 0 Å². The minimum Gasteiger partial charge on any atom is -0.468 e. The number of halogens is 1. The number of hydrogen-bond donors (Lipinski definition) is 2. The number of hydrogen-bond acceptors (Lipinski definition) is 7. The molecule has 0 saturated carbocycles. The van der Waals surface area contributed by atoms with Crippen LogP contribution in [0.5, 0.6) is 0 Å². The number of piperazine rings is 1. The number of nitrogens with one attached hydrogen (secondary N) is 1. The van der Waals surface area contributed by atoms with Gasteiger partial charge in [-0.2, -0.15) is 12.7 Å². The fourth-order valence-electron chi connectivity index (χ4n) is 3.40. The molecule has 31 heavy (non-hydrogen) atoms. The van der Waals surface area contributed by atoms with Crippen molar-refractivity contribution in [3.63, 3.8) is 0 Å². The number of ether oxygens (including phenoxy) is 2. The third kappa shape index (κ3) is 5.93. The Hall–Kier alpha value is -2.22. The Morgan fingerprint density at radius 2 is 2.03 bits per heavy atom. The quantitative estimate of drug-likeness (QED) is 0.580. The largest absolute Gasteiger partial charge is 0.468 e. The first-order chi connectivity index (χ1) is 14.5. The summed E-state index contributed by atoms with van der Waals surface area (Å²) in [6.45, 7) is 5.19. The van der Waals surface area contributed by atoms with Crippen molar-refractivity contribution in [2.75, 3.05) is 49.1 Å². The van der Waals surface area contributed by atoms with Crippen LogP contribution in [-0.4, -0.2) is 75.5 Å². The highest BCUT2D eigenvalue weighted by molar-refractivity contribution is 7.86. The van der Waals surface area contributed by atoms with Crippen LogP contribution in [0.1, 0.15) is 13.8 Å². The number of rotatable bonds is 6. The van der Waals surface area contributed by atoms with Crippen molar-refractivity contribution in [2.24, 2.45) is 5.14 Å². The van der Waals surface area contributed by atoms with E-state index >= 15 is 0 Å². The summed E-state index contributed by atoms with van der Waals surface area (Å²) >= 11 is 5.05. The molecule has 13 heteroatoms. The molecule has 2 aliphatic heterocycles. The Labute approximate surface area is 186 Å². The average Bonchev–Trinajstić information content (AvgIpc) is 3.06. The Morgan fingerprint density at radius 1 is 1.35 bits per heavy atom. The molecule has 1 aromatic rings. The molecule has 1 atom stereocenters. The zero-order valence-corrected chi connectivity index (χ0v) is 18.9. The number of nitrogens with zero attached hydrogens (tertiary/aromatic N) is 3. The van der Waals surface area contributed by atoms with E-state index in [2.05, 4.69) is 5.32 Å². The van der Waals surface area contributed by atoms with Gasteiger partial charge in [0.2, 0.25) is 0 Å². The SMILES string of the molecule is CC(C)OC(=S)NC[C@H]1CN(c2ccc(N3CCN(S(N)(=O)=O)CC3)c(F)c2)C(=O)O1. The molecule has 1 amide bonds. The molecule has 0 aromatic heterocycles. The van der Waals surface area contributed by atoms with Crippen molar-refractivity contribution < 1.29 is 27.1 Å². The van der Waals surface area contributed by atoms with Crippen LogP contribution in [0.4, 0.5) is 20.6 Å². The van der Waals surface area contributed by atoms with Gasteiger partial charge in [-0.05, 0) is 44.3 Å². The maximum atomic E-state index is 14.8. The van der Waals surface area contributed by atoms with Crippen LogP contribution in [0.25, 0.3) is 0 Å². The predicted molar refractivity (Wildman–Crippen MR) is 118 cm³/mol. The molecule has 3 N–H and O–H groups in total. The lowest BCUT2D eigenvalue weighted by Gasteiger charge is -2.34. The fourth-order valence-corrected chi connectivity index (χ4v) is 4.34. The first kappa shape index (κ1) is 23.4. The Bertz CT molecular complexity index is 937. The topological polar surface area (TPSA) is 117 Å². The molecule has 0 aliphatic carbocycles. The zero-order chi connectivity index (χ0) is 22.8. The third-order valence-electron chi connectivity index (χ3n) is 4.87. The van der Waals surface area contributed by atoms with Gasteiger partial charge in [-0.1, -0.05) is 0 Å². The van der Waals surface area contributed by atoms with Gasteiger partial charge in [-0.3, -0.25) is 4.90 Å². The fraction of sp³-hybridized carbons (Fsp3) is 0.556. The van der Waals surface area contributed by atoms with Crippen LogP contribution in [0.3, 0.4) is 0 Å². The van der Waals surface area contributed by atoms with Gasteiger partial charge >= 0.3 is 6.09 Å². The van der Waals surface area contributed by atoms with Crippen LogP contribution < -0.4 is 20.3 Å². The van der Waals surface area contributed by atoms with E-state index in [1.165, 1.54) is 11.0 Å². The lowest BCUT2D eigenvalue weighted by Crippen LogP contribution is -2.50. The van der Waals surface area contributed by atoms with Crippen LogP contribution in [-0.2, 0) is 19.7 Å². The highest BCUT2D eigenvalue weighted by Gasteiger charge is 2.33. The molecule has 1 aromatic carbocycles. The lowest BCUT2D eigenvalue weighted by atomic mass is 10.2. The van der Waals surface area contributed by atoms with E-state index in [4.69, 9.17) is 26.8 Å². The Kier molecular flexibility index (Phi) is 7.19. The molecular weight excluding hydrogens is 449 g/mol. The highest BCUT2D eigenvalue weighted by Crippen LogP contribution is 2.28. The summed E-state index contributed by atoms with van der Waals surface area (Å²) < 4.78 is 49.4. The van der Waals surface area contributed by atoms with Gasteiger partial charge in [0.25, 0.3) is 15.4 Å². The van der Waals surface area contributed by atoms with Gasteiger partial charge in [0, 0.05) is 26.2 Å². The van der Waals surface area contributed by atoms with Crippen molar-refractivity contribution in [3.8, 4) is 0 Å². The lowest BCUT2D eigenvalue weighted by molar-refractivity contribution is 0.140. The first-order valence-electron chi connectivity index (χ1n) is 9.79. The summed E-state index contributed by atoms with van der Waals surface area (Å²) in [7, 11) is -3.75.